The van der Waals surface area contributed by atoms with Crippen molar-refractivity contribution in [2.45, 2.75) is 10.8 Å². The Balaban J connectivity index is 1.09. The number of hydrogen-bond donors (Lipinski definition) is 0. The summed E-state index contributed by atoms with van der Waals surface area (Å²) in [4.78, 5) is 2.48. The first-order valence-electron chi connectivity index (χ1n) is 24.3. The molecule has 0 radical (unpaired) electrons. The Hall–Kier alpha value is -8.98. The SMILES string of the molecule is c1ccc(-c2cccc(N(c3ccc4c(c3)C(c3ccccc3)(c3ccccc3)c3ccccc3-4)c3ccc(C4(c5ccccc5)c5ccccc5-c5ccccc54)c4oc5ccccc5c34)c2)cc1. The molecular weight excluding hydrogens is 847 g/mol. The molecule has 0 amide bonds. The van der Waals surface area contributed by atoms with Crippen LogP contribution in [0, 0.1) is 0 Å². The van der Waals surface area contributed by atoms with E-state index in [1.165, 1.54) is 66.8 Å². The average Bonchev–Trinajstić information content (AvgIpc) is 4.08. The Morgan fingerprint density at radius 3 is 1.39 bits per heavy atom. The minimum absolute atomic E-state index is 0.575. The predicted molar refractivity (Wildman–Crippen MR) is 288 cm³/mol. The van der Waals surface area contributed by atoms with Crippen molar-refractivity contribution in [2.75, 3.05) is 4.90 Å². The average molecular weight is 892 g/mol. The van der Waals surface area contributed by atoms with Gasteiger partial charge >= 0.3 is 0 Å². The molecule has 1 heterocycles. The molecule has 11 aromatic carbocycles. The first-order chi connectivity index (χ1) is 34.7. The van der Waals surface area contributed by atoms with Crippen molar-refractivity contribution < 1.29 is 4.42 Å². The van der Waals surface area contributed by atoms with Gasteiger partial charge in [0.25, 0.3) is 0 Å². The van der Waals surface area contributed by atoms with E-state index < -0.39 is 10.8 Å². The second-order valence-corrected chi connectivity index (χ2v) is 18.7. The third-order valence-corrected chi connectivity index (χ3v) is 15.2. The number of nitrogens with zero attached hydrogens (tertiary/aromatic N) is 1. The number of fused-ring (bicyclic) bond motifs is 9. The molecule has 0 saturated heterocycles. The van der Waals surface area contributed by atoms with Crippen LogP contribution in [0.3, 0.4) is 0 Å². The number of benzene rings is 11. The third kappa shape index (κ3) is 5.68. The Morgan fingerprint density at radius 2 is 0.771 bits per heavy atom. The molecule has 2 aliphatic rings. The summed E-state index contributed by atoms with van der Waals surface area (Å²) in [7, 11) is 0. The fourth-order valence-electron chi connectivity index (χ4n) is 12.4. The van der Waals surface area contributed by atoms with Crippen LogP contribution < -0.4 is 4.90 Å². The number of para-hydroxylation sites is 1. The van der Waals surface area contributed by atoms with Crippen LogP contribution >= 0.6 is 0 Å². The molecule has 2 heteroatoms. The van der Waals surface area contributed by atoms with Crippen molar-refractivity contribution in [1.29, 1.82) is 0 Å². The first kappa shape index (κ1) is 40.1. The third-order valence-electron chi connectivity index (χ3n) is 15.2. The maximum Gasteiger partial charge on any atom is 0.142 e. The Morgan fingerprint density at radius 1 is 0.300 bits per heavy atom. The summed E-state index contributed by atoms with van der Waals surface area (Å²) in [6.45, 7) is 0. The van der Waals surface area contributed by atoms with E-state index in [9.17, 15) is 0 Å². The molecule has 0 bridgehead atoms. The van der Waals surface area contributed by atoms with Gasteiger partial charge in [-0.2, -0.15) is 0 Å². The molecule has 0 unspecified atom stereocenters. The van der Waals surface area contributed by atoms with Crippen LogP contribution in [0.4, 0.5) is 17.1 Å². The number of furan rings is 1. The van der Waals surface area contributed by atoms with Crippen molar-refractivity contribution in [3.8, 4) is 33.4 Å². The molecule has 328 valence electrons. The van der Waals surface area contributed by atoms with Gasteiger partial charge < -0.3 is 9.32 Å². The van der Waals surface area contributed by atoms with E-state index in [4.69, 9.17) is 4.42 Å². The molecular formula is C68H45NO. The van der Waals surface area contributed by atoms with Crippen LogP contribution in [0.5, 0.6) is 0 Å². The van der Waals surface area contributed by atoms with E-state index in [1.807, 2.05) is 0 Å². The van der Waals surface area contributed by atoms with Crippen molar-refractivity contribution in [3.05, 3.63) is 317 Å². The Labute approximate surface area is 408 Å². The summed E-state index contributed by atoms with van der Waals surface area (Å²) in [5, 5.41) is 2.13. The molecule has 2 nitrogen and oxygen atoms in total. The number of anilines is 3. The fourth-order valence-corrected chi connectivity index (χ4v) is 12.4. The lowest BCUT2D eigenvalue weighted by Crippen LogP contribution is -2.29. The predicted octanol–water partition coefficient (Wildman–Crippen LogP) is 17.4. The van der Waals surface area contributed by atoms with Crippen molar-refractivity contribution >= 4 is 39.0 Å². The van der Waals surface area contributed by atoms with Crippen molar-refractivity contribution in [3.63, 3.8) is 0 Å². The summed E-state index contributed by atoms with van der Waals surface area (Å²) < 4.78 is 7.37. The molecule has 2 aliphatic carbocycles. The highest BCUT2D eigenvalue weighted by Gasteiger charge is 2.49. The zero-order valence-electron chi connectivity index (χ0n) is 38.3. The highest BCUT2D eigenvalue weighted by atomic mass is 16.3. The minimum atomic E-state index is -0.665. The summed E-state index contributed by atoms with van der Waals surface area (Å²) in [6, 6.07) is 100. The molecule has 0 aliphatic heterocycles. The lowest BCUT2D eigenvalue weighted by atomic mass is 9.67. The van der Waals surface area contributed by atoms with Gasteiger partial charge in [0.1, 0.15) is 11.2 Å². The molecule has 0 N–H and O–H groups in total. The molecule has 1 aromatic heterocycles. The largest absolute Gasteiger partial charge is 0.456 e. The molecule has 12 aromatic rings. The molecule has 70 heavy (non-hydrogen) atoms. The summed E-state index contributed by atoms with van der Waals surface area (Å²) >= 11 is 0. The standard InChI is InChI=1S/C68H45NO/c1-5-22-46(23-6-1)47-24-21-31-51(44-47)69(52-40-41-56-55-34-13-17-36-58(55)67(62(56)45-52,48-25-7-2-8-26-48)49-27-9-3-10-28-49)63-43-42-61(66-65(63)57-35-16-20-39-64(57)70-66)68(50-29-11-4-12-30-50)59-37-18-14-32-53(59)54-33-15-19-38-60(54)68/h1-45H. The maximum atomic E-state index is 7.37. The molecule has 0 fully saturated rings. The van der Waals surface area contributed by atoms with Crippen LogP contribution in [0.15, 0.2) is 277 Å². The second kappa shape index (κ2) is 15.8. The summed E-state index contributed by atoms with van der Waals surface area (Å²) in [6.07, 6.45) is 0. The van der Waals surface area contributed by atoms with E-state index in [0.29, 0.717) is 0 Å². The minimum Gasteiger partial charge on any atom is -0.456 e. The van der Waals surface area contributed by atoms with E-state index in [2.05, 4.69) is 278 Å². The normalized spacial score (nSPS) is 13.7. The van der Waals surface area contributed by atoms with Gasteiger partial charge in [-0.1, -0.05) is 237 Å². The molecule has 14 rings (SSSR count). The van der Waals surface area contributed by atoms with Crippen LogP contribution in [0.25, 0.3) is 55.3 Å². The van der Waals surface area contributed by atoms with Crippen molar-refractivity contribution in [2.24, 2.45) is 0 Å². The summed E-state index contributed by atoms with van der Waals surface area (Å²) in [5.41, 5.74) is 20.7. The highest BCUT2D eigenvalue weighted by molar-refractivity contribution is 6.15. The zero-order valence-corrected chi connectivity index (χ0v) is 38.3. The topological polar surface area (TPSA) is 16.4 Å². The smallest absolute Gasteiger partial charge is 0.142 e. The van der Waals surface area contributed by atoms with E-state index in [1.54, 1.807) is 0 Å². The van der Waals surface area contributed by atoms with E-state index >= 15 is 0 Å². The van der Waals surface area contributed by atoms with Gasteiger partial charge in [-0.05, 0) is 109 Å². The zero-order chi connectivity index (χ0) is 46.2. The number of rotatable bonds is 8. The first-order valence-corrected chi connectivity index (χ1v) is 24.3. The van der Waals surface area contributed by atoms with Gasteiger partial charge in [-0.3, -0.25) is 0 Å². The summed E-state index contributed by atoms with van der Waals surface area (Å²) in [5.74, 6) is 0. The van der Waals surface area contributed by atoms with E-state index in [-0.39, 0.29) is 0 Å². The lowest BCUT2D eigenvalue weighted by Gasteiger charge is -2.35. The molecule has 0 spiro atoms. The van der Waals surface area contributed by atoms with Crippen LogP contribution in [0.2, 0.25) is 0 Å². The van der Waals surface area contributed by atoms with Crippen LogP contribution in [0.1, 0.15) is 44.5 Å². The van der Waals surface area contributed by atoms with Gasteiger partial charge in [0.05, 0.1) is 21.9 Å². The highest BCUT2D eigenvalue weighted by Crippen LogP contribution is 2.60. The van der Waals surface area contributed by atoms with Crippen LogP contribution in [-0.2, 0) is 10.8 Å². The van der Waals surface area contributed by atoms with Gasteiger partial charge in [-0.25, -0.2) is 0 Å². The second-order valence-electron chi connectivity index (χ2n) is 18.7. The Kier molecular flexibility index (Phi) is 9.06. The van der Waals surface area contributed by atoms with Gasteiger partial charge in [0, 0.05) is 22.3 Å². The van der Waals surface area contributed by atoms with E-state index in [0.717, 1.165) is 50.1 Å². The monoisotopic (exact) mass is 891 g/mol. The van der Waals surface area contributed by atoms with Gasteiger partial charge in [0.2, 0.25) is 0 Å². The quantitative estimate of drug-likeness (QED) is 0.151. The molecule has 0 saturated carbocycles. The lowest BCUT2D eigenvalue weighted by molar-refractivity contribution is 0.648. The maximum absolute atomic E-state index is 7.37. The van der Waals surface area contributed by atoms with Crippen LogP contribution in [-0.4, -0.2) is 0 Å². The fraction of sp³-hybridized carbons (Fsp3) is 0.0294. The van der Waals surface area contributed by atoms with Gasteiger partial charge in [0.15, 0.2) is 0 Å². The number of hydrogen-bond acceptors (Lipinski definition) is 2. The Bertz CT molecular complexity index is 3860. The van der Waals surface area contributed by atoms with Crippen molar-refractivity contribution in [1.82, 2.24) is 0 Å². The molecule has 0 atom stereocenters. The van der Waals surface area contributed by atoms with Gasteiger partial charge in [-0.15, -0.1) is 0 Å².